The topological polar surface area (TPSA) is 35.5 Å². The molecule has 0 aromatic heterocycles. The van der Waals surface area contributed by atoms with Crippen molar-refractivity contribution in [3.05, 3.63) is 54.1 Å². The van der Waals surface area contributed by atoms with Gasteiger partial charge in [-0.1, -0.05) is 50.2 Å². The molecule has 1 aliphatic rings. The molecule has 1 unspecified atom stereocenters. The van der Waals surface area contributed by atoms with E-state index in [1.165, 1.54) is 21.7 Å². The number of carbonyl (C=O) groups is 1. The van der Waals surface area contributed by atoms with Crippen molar-refractivity contribution in [2.24, 2.45) is 5.92 Å². The van der Waals surface area contributed by atoms with Gasteiger partial charge in [-0.05, 0) is 85.2 Å². The number of esters is 1. The summed E-state index contributed by atoms with van der Waals surface area (Å²) in [4.78, 5) is 13.1. The third-order valence-electron chi connectivity index (χ3n) is 6.91. The van der Waals surface area contributed by atoms with Crippen molar-refractivity contribution in [3.63, 3.8) is 0 Å². The van der Waals surface area contributed by atoms with Crippen LogP contribution in [0.3, 0.4) is 0 Å². The van der Waals surface area contributed by atoms with Gasteiger partial charge in [0.2, 0.25) is 0 Å². The van der Waals surface area contributed by atoms with Crippen LogP contribution in [0.25, 0.3) is 21.5 Å². The second kappa shape index (κ2) is 9.44. The number of fused-ring (bicyclic) bond motifs is 2. The molecule has 0 saturated heterocycles. The minimum absolute atomic E-state index is 0.0225. The number of carbonyl (C=O) groups excluding carboxylic acids is 1. The summed E-state index contributed by atoms with van der Waals surface area (Å²) in [5.74, 6) is -0.0878. The zero-order valence-electron chi connectivity index (χ0n) is 19.6. The Morgan fingerprint density at radius 2 is 1.66 bits per heavy atom. The molecule has 0 aliphatic heterocycles. The smallest absolute Gasteiger partial charge is 0.308 e. The van der Waals surface area contributed by atoms with Crippen molar-refractivity contribution in [1.82, 2.24) is 0 Å². The van der Waals surface area contributed by atoms with Gasteiger partial charge in [-0.2, -0.15) is 0 Å². The van der Waals surface area contributed by atoms with Crippen LogP contribution in [0.4, 0.5) is 0 Å². The van der Waals surface area contributed by atoms with Crippen LogP contribution >= 0.6 is 12.6 Å². The normalized spacial score (nSPS) is 20.4. The first kappa shape index (κ1) is 23.1. The summed E-state index contributed by atoms with van der Waals surface area (Å²) in [6.45, 7) is 8.24. The number of hydrogen-bond acceptors (Lipinski definition) is 4. The lowest BCUT2D eigenvalue weighted by Gasteiger charge is -2.35. The second-order valence-corrected chi connectivity index (χ2v) is 10.1. The van der Waals surface area contributed by atoms with Crippen LogP contribution in [-0.4, -0.2) is 18.2 Å². The van der Waals surface area contributed by atoms with E-state index < -0.39 is 5.60 Å². The van der Waals surface area contributed by atoms with Gasteiger partial charge in [0.1, 0.15) is 6.10 Å². The fraction of sp³-hybridized carbons (Fsp3) is 0.464. The third kappa shape index (κ3) is 4.82. The first-order valence-electron chi connectivity index (χ1n) is 11.8. The number of ether oxygens (including phenoxy) is 2. The van der Waals surface area contributed by atoms with E-state index in [0.717, 1.165) is 42.4 Å². The summed E-state index contributed by atoms with van der Waals surface area (Å²) in [5, 5.41) is 4.72. The van der Waals surface area contributed by atoms with Gasteiger partial charge in [-0.15, -0.1) is 12.6 Å². The lowest BCUT2D eigenvalue weighted by molar-refractivity contribution is -0.159. The molecule has 4 rings (SSSR count). The van der Waals surface area contributed by atoms with Gasteiger partial charge < -0.3 is 9.47 Å². The van der Waals surface area contributed by atoms with Gasteiger partial charge in [0.25, 0.3) is 0 Å². The van der Waals surface area contributed by atoms with E-state index >= 15 is 0 Å². The van der Waals surface area contributed by atoms with E-state index in [0.29, 0.717) is 0 Å². The van der Waals surface area contributed by atoms with Crippen LogP contribution < -0.4 is 0 Å². The fourth-order valence-electron chi connectivity index (χ4n) is 4.62. The first-order valence-corrected chi connectivity index (χ1v) is 12.3. The highest BCUT2D eigenvalue weighted by molar-refractivity contribution is 7.80. The van der Waals surface area contributed by atoms with Crippen LogP contribution in [-0.2, 0) is 19.9 Å². The van der Waals surface area contributed by atoms with E-state index in [2.05, 4.69) is 62.4 Å². The molecule has 1 fully saturated rings. The van der Waals surface area contributed by atoms with Gasteiger partial charge in [0.15, 0.2) is 0 Å². The molecular formula is C28H34O3S. The second-order valence-electron chi connectivity index (χ2n) is 9.66. The van der Waals surface area contributed by atoms with Crippen molar-refractivity contribution in [2.75, 3.05) is 0 Å². The predicted molar refractivity (Wildman–Crippen MR) is 134 cm³/mol. The molecule has 3 aromatic carbocycles. The van der Waals surface area contributed by atoms with Crippen molar-refractivity contribution in [3.8, 4) is 0 Å². The SMILES string of the molecule is CCC(C)C(=O)OC1CCC(OC(C)(C)c2ccc3c(S)c4ccccc4cc3c2)CC1. The molecule has 0 radical (unpaired) electrons. The maximum absolute atomic E-state index is 12.1. The van der Waals surface area contributed by atoms with Crippen LogP contribution in [0.1, 0.15) is 65.4 Å². The average Bonchev–Trinajstić information content (AvgIpc) is 2.79. The fourth-order valence-corrected chi connectivity index (χ4v) is 5.03. The summed E-state index contributed by atoms with van der Waals surface area (Å²) >= 11 is 4.81. The summed E-state index contributed by atoms with van der Waals surface area (Å²) in [6, 6.07) is 17.2. The van der Waals surface area contributed by atoms with Crippen molar-refractivity contribution in [2.45, 2.75) is 82.5 Å². The monoisotopic (exact) mass is 450 g/mol. The third-order valence-corrected chi connectivity index (χ3v) is 7.39. The maximum Gasteiger partial charge on any atom is 0.308 e. The summed E-state index contributed by atoms with van der Waals surface area (Å²) in [6.07, 6.45) is 4.60. The van der Waals surface area contributed by atoms with Crippen molar-refractivity contribution in [1.29, 1.82) is 0 Å². The first-order chi connectivity index (χ1) is 15.3. The summed E-state index contributed by atoms with van der Waals surface area (Å²) < 4.78 is 12.3. The molecule has 0 bridgehead atoms. The van der Waals surface area contributed by atoms with Crippen molar-refractivity contribution < 1.29 is 14.3 Å². The average molecular weight is 451 g/mol. The van der Waals surface area contributed by atoms with Gasteiger partial charge in [-0.3, -0.25) is 4.79 Å². The van der Waals surface area contributed by atoms with Crippen LogP contribution in [0.15, 0.2) is 53.4 Å². The molecule has 0 N–H and O–H groups in total. The Balaban J connectivity index is 1.46. The minimum Gasteiger partial charge on any atom is -0.462 e. The summed E-state index contributed by atoms with van der Waals surface area (Å²) in [7, 11) is 0. The van der Waals surface area contributed by atoms with E-state index in [1.807, 2.05) is 13.8 Å². The Morgan fingerprint density at radius 3 is 2.38 bits per heavy atom. The maximum atomic E-state index is 12.1. The molecule has 3 aromatic rings. The van der Waals surface area contributed by atoms with E-state index in [4.69, 9.17) is 22.1 Å². The number of benzene rings is 3. The number of rotatable bonds is 6. The zero-order chi connectivity index (χ0) is 22.9. The standard InChI is InChI=1S/C28H34O3S/c1-5-18(2)27(29)30-22-11-13-23(14-12-22)31-28(3,4)21-10-15-25-20(17-21)16-19-8-6-7-9-24(19)26(25)32/h6-10,15-18,22-23,32H,5,11-14H2,1-4H3. The predicted octanol–water partition coefficient (Wildman–Crippen LogP) is 7.43. The summed E-state index contributed by atoms with van der Waals surface area (Å²) in [5.41, 5.74) is 0.764. The Labute approximate surface area is 196 Å². The minimum atomic E-state index is -0.401. The molecule has 0 heterocycles. The van der Waals surface area contributed by atoms with Gasteiger partial charge in [0.05, 0.1) is 17.6 Å². The highest BCUT2D eigenvalue weighted by atomic mass is 32.1. The van der Waals surface area contributed by atoms with Gasteiger partial charge in [0, 0.05) is 4.90 Å². The largest absolute Gasteiger partial charge is 0.462 e. The Bertz CT molecular complexity index is 1110. The van der Waals surface area contributed by atoms with Gasteiger partial charge >= 0.3 is 5.97 Å². The molecule has 3 nitrogen and oxygen atoms in total. The Morgan fingerprint density at radius 1 is 1.00 bits per heavy atom. The Hall–Kier alpha value is -2.04. The molecular weight excluding hydrogens is 416 g/mol. The highest BCUT2D eigenvalue weighted by Gasteiger charge is 2.31. The molecule has 1 saturated carbocycles. The van der Waals surface area contributed by atoms with Crippen LogP contribution in [0.5, 0.6) is 0 Å². The quantitative estimate of drug-likeness (QED) is 0.241. The molecule has 0 spiro atoms. The molecule has 1 atom stereocenters. The van der Waals surface area contributed by atoms with E-state index in [9.17, 15) is 4.79 Å². The molecule has 0 amide bonds. The van der Waals surface area contributed by atoms with Crippen molar-refractivity contribution >= 4 is 40.1 Å². The van der Waals surface area contributed by atoms with Gasteiger partial charge in [-0.25, -0.2) is 0 Å². The van der Waals surface area contributed by atoms with Crippen LogP contribution in [0.2, 0.25) is 0 Å². The number of hydrogen-bond donors (Lipinski definition) is 1. The lowest BCUT2D eigenvalue weighted by Crippen LogP contribution is -2.34. The molecule has 170 valence electrons. The molecule has 32 heavy (non-hydrogen) atoms. The van der Waals surface area contributed by atoms with E-state index in [-0.39, 0.29) is 24.1 Å². The lowest BCUT2D eigenvalue weighted by atomic mass is 9.91. The van der Waals surface area contributed by atoms with Crippen LogP contribution in [0, 0.1) is 5.92 Å². The molecule has 4 heteroatoms. The highest BCUT2D eigenvalue weighted by Crippen LogP contribution is 2.36. The zero-order valence-corrected chi connectivity index (χ0v) is 20.5. The molecule has 1 aliphatic carbocycles. The van der Waals surface area contributed by atoms with E-state index in [1.54, 1.807) is 0 Å². The Kier molecular flexibility index (Phi) is 6.83. The number of thiol groups is 1.